The molecule has 0 atom stereocenters. The fraction of sp³-hybridized carbons (Fsp3) is 0.139. The minimum absolute atomic E-state index is 0.225. The minimum atomic E-state index is -0.749. The molecule has 4 aromatic heterocycles. The largest absolute Gasteiger partial charge is 0.305 e. The van der Waals surface area contributed by atoms with Crippen LogP contribution in [-0.4, -0.2) is 14.4 Å². The molecule has 3 nitrogen and oxygen atoms in total. The lowest BCUT2D eigenvalue weighted by Crippen LogP contribution is -2.42. The number of aromatic nitrogens is 3. The van der Waals surface area contributed by atoms with Crippen LogP contribution >= 0.6 is 0 Å². The Balaban J connectivity index is 1.12. The second kappa shape index (κ2) is 16.4. The molecule has 0 amide bonds. The predicted molar refractivity (Wildman–Crippen MR) is 338 cm³/mol. The molecular formula is C79H59N3. The summed E-state index contributed by atoms with van der Waals surface area (Å²) < 4.78 is 2.57. The maximum absolute atomic E-state index is 5.86. The highest BCUT2D eigenvalue weighted by molar-refractivity contribution is 6.27. The van der Waals surface area contributed by atoms with Gasteiger partial charge in [-0.2, -0.15) is 0 Å². The zero-order valence-electron chi connectivity index (χ0n) is 47.0. The van der Waals surface area contributed by atoms with Gasteiger partial charge >= 0.3 is 0 Å². The lowest BCUT2D eigenvalue weighted by Gasteiger charge is -2.47. The molecule has 4 heterocycles. The number of hydrogen-bond acceptors (Lipinski definition) is 2. The van der Waals surface area contributed by atoms with E-state index in [0.29, 0.717) is 0 Å². The van der Waals surface area contributed by atoms with Gasteiger partial charge in [0.25, 0.3) is 0 Å². The second-order valence-corrected chi connectivity index (χ2v) is 25.1. The number of pyridine rings is 2. The van der Waals surface area contributed by atoms with Crippen LogP contribution in [0.5, 0.6) is 0 Å². The summed E-state index contributed by atoms with van der Waals surface area (Å²) in [6.07, 6.45) is 4.43. The first kappa shape index (κ1) is 47.4. The van der Waals surface area contributed by atoms with Crippen LogP contribution < -0.4 is 0 Å². The van der Waals surface area contributed by atoms with Gasteiger partial charge in [0.15, 0.2) is 0 Å². The third-order valence-corrected chi connectivity index (χ3v) is 20.1. The van der Waals surface area contributed by atoms with Gasteiger partial charge in [-0.15, -0.1) is 0 Å². The van der Waals surface area contributed by atoms with E-state index in [1.807, 2.05) is 0 Å². The Morgan fingerprint density at radius 2 is 0.695 bits per heavy atom. The van der Waals surface area contributed by atoms with E-state index < -0.39 is 21.7 Å². The summed E-state index contributed by atoms with van der Waals surface area (Å²) in [6, 6.07) is 89.5. The van der Waals surface area contributed by atoms with Crippen molar-refractivity contribution >= 4 is 48.9 Å². The van der Waals surface area contributed by atoms with E-state index in [0.717, 1.165) is 22.4 Å². The van der Waals surface area contributed by atoms with Gasteiger partial charge in [-0.25, -0.2) is 0 Å². The molecular weight excluding hydrogens is 991 g/mol. The molecule has 3 heteroatoms. The van der Waals surface area contributed by atoms with E-state index in [9.17, 15) is 0 Å². The van der Waals surface area contributed by atoms with Crippen LogP contribution in [0.15, 0.2) is 249 Å². The van der Waals surface area contributed by atoms with Crippen molar-refractivity contribution in [3.63, 3.8) is 0 Å². The molecule has 0 fully saturated rings. The molecule has 17 rings (SSSR count). The number of nitrogens with zero attached hydrogens (tertiary/aromatic N) is 3. The Labute approximate surface area is 478 Å². The van der Waals surface area contributed by atoms with Crippen molar-refractivity contribution in [3.05, 3.63) is 327 Å². The van der Waals surface area contributed by atoms with Gasteiger partial charge < -0.3 is 4.40 Å². The van der Waals surface area contributed by atoms with Crippen molar-refractivity contribution < 1.29 is 0 Å². The summed E-state index contributed by atoms with van der Waals surface area (Å²) in [6.45, 7) is 14.4. The predicted octanol–water partition coefficient (Wildman–Crippen LogP) is 18.8. The van der Waals surface area contributed by atoms with Gasteiger partial charge in [0.1, 0.15) is 0 Å². The molecule has 0 unspecified atom stereocenters. The van der Waals surface area contributed by atoms with Crippen LogP contribution in [0, 0.1) is 0 Å². The van der Waals surface area contributed by atoms with Crippen molar-refractivity contribution in [2.24, 2.45) is 0 Å². The SMILES string of the molecule is CC1(C)c2ccccc2-c2c1cc(-c1cc3c4c5c(ncc4n4c6cnc7c(c6c(c1)c34)C(c1ccccc1)(c1ccccc1)c1ccccc1C7(C)C)C(C)(C)c1ccccc1C5(c1ccccc1)c1ccccc1)c1ccccc21. The van der Waals surface area contributed by atoms with Crippen LogP contribution in [0.3, 0.4) is 0 Å². The van der Waals surface area contributed by atoms with Crippen LogP contribution in [-0.2, 0) is 27.1 Å². The highest BCUT2D eigenvalue weighted by Gasteiger charge is 2.54. The van der Waals surface area contributed by atoms with Gasteiger partial charge in [0.05, 0.1) is 51.2 Å². The molecule has 3 aliphatic carbocycles. The molecule has 0 radical (unpaired) electrons. The molecule has 0 spiro atoms. The van der Waals surface area contributed by atoms with Gasteiger partial charge in [0.2, 0.25) is 0 Å². The molecule has 0 N–H and O–H groups in total. The first-order valence-electron chi connectivity index (χ1n) is 29.1. The molecule has 14 aromatic rings. The standard InChI is InChI=1S/C79H59N3/c1-75(2)59-38-22-21-37-55(59)67-54-36-20-19-35-53(54)56(45-64(67)75)48-43-57-68-65(46-80-73-70(68)78(49-27-11-7-12-28-49,50-29-13-8-14-30-50)62-41-25-23-39-60(62)76(73,3)4)82-66-47-81-74-71(69(66)58(44-48)72(57)82)79(51-31-15-9-16-32-51,52-33-17-10-18-34-52)63-42-26-24-40-61(63)77(74,5)6/h7-47H,1-6H3. The molecule has 10 aromatic carbocycles. The quantitative estimate of drug-likeness (QED) is 0.172. The van der Waals surface area contributed by atoms with Gasteiger partial charge in [-0.05, 0) is 107 Å². The fourth-order valence-corrected chi connectivity index (χ4v) is 16.7. The van der Waals surface area contributed by atoms with Crippen molar-refractivity contribution in [2.45, 2.75) is 68.6 Å². The smallest absolute Gasteiger partial charge is 0.0729 e. The van der Waals surface area contributed by atoms with E-state index in [-0.39, 0.29) is 5.41 Å². The van der Waals surface area contributed by atoms with E-state index >= 15 is 0 Å². The van der Waals surface area contributed by atoms with Gasteiger partial charge in [-0.1, -0.05) is 260 Å². The molecule has 0 saturated carbocycles. The van der Waals surface area contributed by atoms with Gasteiger partial charge in [0, 0.05) is 48.9 Å². The van der Waals surface area contributed by atoms with Gasteiger partial charge in [-0.3, -0.25) is 9.97 Å². The normalized spacial score (nSPS) is 16.4. The maximum Gasteiger partial charge on any atom is 0.0729 e. The highest BCUT2D eigenvalue weighted by atomic mass is 15.0. The molecule has 0 aliphatic heterocycles. The third kappa shape index (κ3) is 5.71. The zero-order chi connectivity index (χ0) is 55.1. The molecule has 0 saturated heterocycles. The summed E-state index contributed by atoms with van der Waals surface area (Å²) in [4.78, 5) is 11.7. The Morgan fingerprint density at radius 1 is 0.317 bits per heavy atom. The van der Waals surface area contributed by atoms with Crippen LogP contribution in [0.2, 0.25) is 0 Å². The second-order valence-electron chi connectivity index (χ2n) is 25.1. The first-order chi connectivity index (χ1) is 40.0. The summed E-state index contributed by atoms with van der Waals surface area (Å²) in [5, 5.41) is 7.41. The lowest BCUT2D eigenvalue weighted by molar-refractivity contribution is 0.543. The number of rotatable bonds is 5. The summed E-state index contributed by atoms with van der Waals surface area (Å²) in [7, 11) is 0. The average molecular weight is 1050 g/mol. The number of fused-ring (bicyclic) bond motifs is 17. The number of hydrogen-bond donors (Lipinski definition) is 0. The van der Waals surface area contributed by atoms with Crippen molar-refractivity contribution in [1.82, 2.24) is 14.4 Å². The Bertz CT molecular complexity index is 4670. The van der Waals surface area contributed by atoms with E-state index in [1.165, 1.54) is 127 Å². The molecule has 0 bridgehead atoms. The van der Waals surface area contributed by atoms with Crippen molar-refractivity contribution in [3.8, 4) is 22.3 Å². The minimum Gasteiger partial charge on any atom is -0.305 e. The Kier molecular flexibility index (Phi) is 9.45. The van der Waals surface area contributed by atoms with E-state index in [4.69, 9.17) is 9.97 Å². The van der Waals surface area contributed by atoms with Crippen LogP contribution in [0.4, 0.5) is 0 Å². The molecule has 3 aliphatic rings. The zero-order valence-corrected chi connectivity index (χ0v) is 47.0. The van der Waals surface area contributed by atoms with Crippen molar-refractivity contribution in [2.75, 3.05) is 0 Å². The number of benzene rings is 10. The summed E-state index contributed by atoms with van der Waals surface area (Å²) >= 11 is 0. The molecule has 390 valence electrons. The van der Waals surface area contributed by atoms with Crippen LogP contribution in [0.25, 0.3) is 71.1 Å². The molecule has 82 heavy (non-hydrogen) atoms. The Morgan fingerprint density at radius 3 is 1.15 bits per heavy atom. The monoisotopic (exact) mass is 1050 g/mol. The average Bonchev–Trinajstić information content (AvgIpc) is 1.98. The summed E-state index contributed by atoms with van der Waals surface area (Å²) in [5.41, 5.74) is 23.2. The van der Waals surface area contributed by atoms with E-state index in [1.54, 1.807) is 0 Å². The van der Waals surface area contributed by atoms with E-state index in [2.05, 4.69) is 295 Å². The fourth-order valence-electron chi connectivity index (χ4n) is 16.7. The first-order valence-corrected chi connectivity index (χ1v) is 29.1. The van der Waals surface area contributed by atoms with Crippen molar-refractivity contribution in [1.29, 1.82) is 0 Å². The topological polar surface area (TPSA) is 30.2 Å². The third-order valence-electron chi connectivity index (χ3n) is 20.1. The highest BCUT2D eigenvalue weighted by Crippen LogP contribution is 2.62. The van der Waals surface area contributed by atoms with Crippen LogP contribution in [0.1, 0.15) is 120 Å². The Hall–Kier alpha value is -9.44. The lowest BCUT2D eigenvalue weighted by atomic mass is 9.54. The maximum atomic E-state index is 5.86. The summed E-state index contributed by atoms with van der Waals surface area (Å²) in [5.74, 6) is 0.